The summed E-state index contributed by atoms with van der Waals surface area (Å²) in [6, 6.07) is 5.30. The maximum absolute atomic E-state index is 10.7. The Hall–Kier alpha value is -0.700. The molecule has 0 aromatic heterocycles. The van der Waals surface area contributed by atoms with Crippen LogP contribution in [0.25, 0.3) is 0 Å². The van der Waals surface area contributed by atoms with Gasteiger partial charge < -0.3 is 11.1 Å². The van der Waals surface area contributed by atoms with Gasteiger partial charge in [0.25, 0.3) is 0 Å². The smallest absolute Gasteiger partial charge is 0.210 e. The minimum Gasteiger partial charge on any atom is -0.389 e. The van der Waals surface area contributed by atoms with E-state index in [-0.39, 0.29) is 12.3 Å². The SMILES string of the molecule is NC(=S)c1ccc(NCCS(N)(=O)=O)cc1Br. The summed E-state index contributed by atoms with van der Waals surface area (Å²) in [6.45, 7) is 0.248. The number of thiocarbonyl (C=S) groups is 1. The lowest BCUT2D eigenvalue weighted by atomic mass is 10.2. The lowest BCUT2D eigenvalue weighted by Gasteiger charge is -2.08. The highest BCUT2D eigenvalue weighted by atomic mass is 79.9. The van der Waals surface area contributed by atoms with Gasteiger partial charge in [0.05, 0.1) is 5.75 Å². The highest BCUT2D eigenvalue weighted by Gasteiger charge is 2.05. The van der Waals surface area contributed by atoms with Gasteiger partial charge in [-0.2, -0.15) is 0 Å². The average Bonchev–Trinajstić information content (AvgIpc) is 2.15. The van der Waals surface area contributed by atoms with E-state index in [2.05, 4.69) is 21.2 Å². The topological polar surface area (TPSA) is 98.2 Å². The van der Waals surface area contributed by atoms with E-state index in [9.17, 15) is 8.42 Å². The molecule has 0 saturated heterocycles. The first-order valence-electron chi connectivity index (χ1n) is 4.63. The van der Waals surface area contributed by atoms with Crippen molar-refractivity contribution in [3.8, 4) is 0 Å². The third-order valence-corrected chi connectivity index (χ3v) is 3.60. The second-order valence-corrected chi connectivity index (χ2v) is 6.38. The Morgan fingerprint density at radius 3 is 2.59 bits per heavy atom. The quantitative estimate of drug-likeness (QED) is 0.690. The molecule has 8 heteroatoms. The van der Waals surface area contributed by atoms with Crippen LogP contribution in [0.2, 0.25) is 0 Å². The van der Waals surface area contributed by atoms with Gasteiger partial charge in [0, 0.05) is 22.3 Å². The molecular formula is C9H12BrN3O2S2. The standard InChI is InChI=1S/C9H12BrN3O2S2/c10-8-5-6(1-2-7(8)9(11)16)13-3-4-17(12,14)15/h1-2,5,13H,3-4H2,(H2,11,16)(H2,12,14,15). The molecule has 0 amide bonds. The maximum atomic E-state index is 10.7. The summed E-state index contributed by atoms with van der Waals surface area (Å²) in [6.07, 6.45) is 0. The highest BCUT2D eigenvalue weighted by molar-refractivity contribution is 9.10. The zero-order valence-corrected chi connectivity index (χ0v) is 12.0. The van der Waals surface area contributed by atoms with Gasteiger partial charge >= 0.3 is 0 Å². The molecule has 0 unspecified atom stereocenters. The summed E-state index contributed by atoms with van der Waals surface area (Å²) in [4.78, 5) is 0.299. The van der Waals surface area contributed by atoms with Crippen molar-refractivity contribution in [2.45, 2.75) is 0 Å². The molecule has 0 aliphatic heterocycles. The summed E-state index contributed by atoms with van der Waals surface area (Å²) < 4.78 is 22.2. The van der Waals surface area contributed by atoms with Crippen LogP contribution >= 0.6 is 28.1 Å². The van der Waals surface area contributed by atoms with Gasteiger partial charge in [0.15, 0.2) is 0 Å². The number of nitrogens with one attached hydrogen (secondary N) is 1. The molecule has 0 aliphatic rings. The monoisotopic (exact) mass is 337 g/mol. The molecule has 17 heavy (non-hydrogen) atoms. The van der Waals surface area contributed by atoms with Gasteiger partial charge in [-0.1, -0.05) is 12.2 Å². The van der Waals surface area contributed by atoms with E-state index in [1.54, 1.807) is 18.2 Å². The molecule has 0 bridgehead atoms. The van der Waals surface area contributed by atoms with Crippen molar-refractivity contribution in [2.24, 2.45) is 10.9 Å². The Bertz CT molecular complexity index is 531. The fourth-order valence-corrected chi connectivity index (χ4v) is 2.45. The van der Waals surface area contributed by atoms with Crippen LogP contribution in [0.5, 0.6) is 0 Å². The third-order valence-electron chi connectivity index (χ3n) is 1.95. The van der Waals surface area contributed by atoms with Crippen molar-refractivity contribution in [1.29, 1.82) is 0 Å². The van der Waals surface area contributed by atoms with Gasteiger partial charge in [-0.25, -0.2) is 13.6 Å². The lowest BCUT2D eigenvalue weighted by molar-refractivity contribution is 0.598. The Morgan fingerprint density at radius 1 is 1.47 bits per heavy atom. The molecule has 0 heterocycles. The highest BCUT2D eigenvalue weighted by Crippen LogP contribution is 2.21. The summed E-state index contributed by atoms with van der Waals surface area (Å²) in [5.41, 5.74) is 7.00. The first-order valence-corrected chi connectivity index (χ1v) is 7.55. The third kappa shape index (κ3) is 4.99. The van der Waals surface area contributed by atoms with Crippen LogP contribution in [0.15, 0.2) is 22.7 Å². The van der Waals surface area contributed by atoms with E-state index in [0.717, 1.165) is 15.7 Å². The van der Waals surface area contributed by atoms with Gasteiger partial charge in [-0.05, 0) is 34.1 Å². The maximum Gasteiger partial charge on any atom is 0.210 e. The van der Waals surface area contributed by atoms with Crippen LogP contribution in [0.4, 0.5) is 5.69 Å². The van der Waals surface area contributed by atoms with Gasteiger partial charge in [-0.15, -0.1) is 0 Å². The molecule has 5 nitrogen and oxygen atoms in total. The fourth-order valence-electron chi connectivity index (χ4n) is 1.16. The van der Waals surface area contributed by atoms with Crippen LogP contribution in [0, 0.1) is 0 Å². The van der Waals surface area contributed by atoms with Crippen LogP contribution in [-0.2, 0) is 10.0 Å². The Labute approximate surface area is 114 Å². The first kappa shape index (κ1) is 14.4. The molecule has 0 saturated carbocycles. The summed E-state index contributed by atoms with van der Waals surface area (Å²) in [7, 11) is -3.44. The summed E-state index contributed by atoms with van der Waals surface area (Å²) >= 11 is 8.19. The number of benzene rings is 1. The van der Waals surface area contributed by atoms with Crippen molar-refractivity contribution < 1.29 is 8.42 Å². The number of halogens is 1. The molecule has 0 radical (unpaired) electrons. The molecule has 1 aromatic carbocycles. The minimum absolute atomic E-state index is 0.123. The minimum atomic E-state index is -3.44. The number of sulfonamides is 1. The van der Waals surface area contributed by atoms with Gasteiger partial charge in [-0.3, -0.25) is 0 Å². The molecule has 0 spiro atoms. The molecule has 5 N–H and O–H groups in total. The van der Waals surface area contributed by atoms with Crippen LogP contribution in [0.3, 0.4) is 0 Å². The second-order valence-electron chi connectivity index (χ2n) is 3.35. The molecular weight excluding hydrogens is 326 g/mol. The fraction of sp³-hybridized carbons (Fsp3) is 0.222. The van der Waals surface area contributed by atoms with E-state index < -0.39 is 10.0 Å². The van der Waals surface area contributed by atoms with E-state index in [4.69, 9.17) is 23.1 Å². The normalized spacial score (nSPS) is 11.2. The molecule has 1 rings (SSSR count). The van der Waals surface area contributed by atoms with Crippen molar-refractivity contribution in [3.63, 3.8) is 0 Å². The number of primary sulfonamides is 1. The molecule has 1 aromatic rings. The van der Waals surface area contributed by atoms with Crippen LogP contribution in [0.1, 0.15) is 5.56 Å². The van der Waals surface area contributed by atoms with Crippen LogP contribution < -0.4 is 16.2 Å². The number of hydrogen-bond donors (Lipinski definition) is 3. The number of anilines is 1. The number of nitrogens with two attached hydrogens (primary N) is 2. The summed E-state index contributed by atoms with van der Waals surface area (Å²) in [5.74, 6) is -0.123. The molecule has 94 valence electrons. The predicted molar refractivity (Wildman–Crippen MR) is 76.5 cm³/mol. The number of hydrogen-bond acceptors (Lipinski definition) is 4. The van der Waals surface area contributed by atoms with Crippen LogP contribution in [-0.4, -0.2) is 25.7 Å². The second kappa shape index (κ2) is 5.76. The number of rotatable bonds is 5. The molecule has 0 aliphatic carbocycles. The Balaban J connectivity index is 2.68. The van der Waals surface area contributed by atoms with Crippen molar-refractivity contribution in [3.05, 3.63) is 28.2 Å². The Morgan fingerprint density at radius 2 is 2.12 bits per heavy atom. The van der Waals surface area contributed by atoms with Crippen molar-refractivity contribution >= 4 is 48.8 Å². The van der Waals surface area contributed by atoms with Gasteiger partial charge in [0.1, 0.15) is 4.99 Å². The van der Waals surface area contributed by atoms with Gasteiger partial charge in [0.2, 0.25) is 10.0 Å². The molecule has 0 fully saturated rings. The largest absolute Gasteiger partial charge is 0.389 e. The lowest BCUT2D eigenvalue weighted by Crippen LogP contribution is -2.22. The van der Waals surface area contributed by atoms with E-state index in [1.807, 2.05) is 0 Å². The van der Waals surface area contributed by atoms with E-state index in [1.165, 1.54) is 0 Å². The van der Waals surface area contributed by atoms with E-state index >= 15 is 0 Å². The summed E-state index contributed by atoms with van der Waals surface area (Å²) in [5, 5.41) is 7.82. The zero-order valence-electron chi connectivity index (χ0n) is 8.81. The van der Waals surface area contributed by atoms with Crippen molar-refractivity contribution in [1.82, 2.24) is 0 Å². The first-order chi connectivity index (χ1) is 7.79. The zero-order chi connectivity index (χ0) is 13.1. The Kier molecular flexibility index (Phi) is 4.87. The van der Waals surface area contributed by atoms with Crippen molar-refractivity contribution in [2.75, 3.05) is 17.6 Å². The predicted octanol–water partition coefficient (Wildman–Crippen LogP) is 0.784. The average molecular weight is 338 g/mol. The van der Waals surface area contributed by atoms with E-state index in [0.29, 0.717) is 4.99 Å². The molecule has 0 atom stereocenters.